The summed E-state index contributed by atoms with van der Waals surface area (Å²) in [5, 5.41) is 3.80. The lowest BCUT2D eigenvalue weighted by Crippen LogP contribution is -2.52. The molecular formula is C27H35ClN2O3. The molecule has 1 aliphatic rings. The van der Waals surface area contributed by atoms with Crippen LogP contribution in [0, 0.1) is 20.8 Å². The van der Waals surface area contributed by atoms with Crippen LogP contribution in [0.15, 0.2) is 36.4 Å². The van der Waals surface area contributed by atoms with Crippen LogP contribution in [0.1, 0.15) is 61.3 Å². The first-order chi connectivity index (χ1) is 15.8. The number of rotatable bonds is 9. The molecule has 0 spiro atoms. The molecule has 1 saturated carbocycles. The Hall–Kier alpha value is -2.53. The summed E-state index contributed by atoms with van der Waals surface area (Å²) < 4.78 is 5.96. The number of aryl methyl sites for hydroxylation is 2. The highest BCUT2D eigenvalue weighted by molar-refractivity contribution is 6.30. The van der Waals surface area contributed by atoms with E-state index in [4.69, 9.17) is 16.3 Å². The van der Waals surface area contributed by atoms with Gasteiger partial charge in [-0.15, -0.1) is 0 Å². The second-order valence-electron chi connectivity index (χ2n) is 9.06. The zero-order chi connectivity index (χ0) is 24.0. The SMILES string of the molecule is CC[C@H](C(=O)NC1CCCC1)N(Cc1ccc(Cl)cc1)C(=O)COc1cc(C)cc(C)c1C. The van der Waals surface area contributed by atoms with Crippen molar-refractivity contribution in [3.05, 3.63) is 63.7 Å². The number of ether oxygens (including phenoxy) is 1. The zero-order valence-corrected chi connectivity index (χ0v) is 20.9. The summed E-state index contributed by atoms with van der Waals surface area (Å²) >= 11 is 6.04. The molecule has 2 aromatic carbocycles. The monoisotopic (exact) mass is 470 g/mol. The smallest absolute Gasteiger partial charge is 0.261 e. The first-order valence-corrected chi connectivity index (χ1v) is 12.2. The largest absolute Gasteiger partial charge is 0.483 e. The molecule has 0 bridgehead atoms. The van der Waals surface area contributed by atoms with Gasteiger partial charge >= 0.3 is 0 Å². The average molecular weight is 471 g/mol. The molecule has 3 rings (SSSR count). The van der Waals surface area contributed by atoms with Crippen molar-refractivity contribution in [2.75, 3.05) is 6.61 Å². The molecule has 178 valence electrons. The third-order valence-electron chi connectivity index (χ3n) is 6.47. The quantitative estimate of drug-likeness (QED) is 0.525. The fourth-order valence-corrected chi connectivity index (χ4v) is 4.57. The van der Waals surface area contributed by atoms with Gasteiger partial charge in [-0.1, -0.05) is 49.6 Å². The molecule has 5 nitrogen and oxygen atoms in total. The van der Waals surface area contributed by atoms with E-state index in [1.807, 2.05) is 45.9 Å². The van der Waals surface area contributed by atoms with Gasteiger partial charge in [0.15, 0.2) is 6.61 Å². The number of benzene rings is 2. The first kappa shape index (κ1) is 25.1. The number of amides is 2. The van der Waals surface area contributed by atoms with Crippen LogP contribution in [-0.4, -0.2) is 35.4 Å². The Morgan fingerprint density at radius 2 is 1.79 bits per heavy atom. The van der Waals surface area contributed by atoms with Crippen molar-refractivity contribution in [3.8, 4) is 5.75 Å². The zero-order valence-electron chi connectivity index (χ0n) is 20.1. The normalized spacial score (nSPS) is 14.7. The Kier molecular flexibility index (Phi) is 8.79. The van der Waals surface area contributed by atoms with Crippen LogP contribution in [0.25, 0.3) is 0 Å². The molecule has 2 aromatic rings. The lowest BCUT2D eigenvalue weighted by atomic mass is 10.1. The Bertz CT molecular complexity index is 968. The molecule has 1 aliphatic carbocycles. The summed E-state index contributed by atoms with van der Waals surface area (Å²) in [6.07, 6.45) is 4.81. The van der Waals surface area contributed by atoms with E-state index in [-0.39, 0.29) is 24.5 Å². The Morgan fingerprint density at radius 1 is 1.12 bits per heavy atom. The van der Waals surface area contributed by atoms with E-state index in [9.17, 15) is 9.59 Å². The molecule has 1 N–H and O–H groups in total. The Balaban J connectivity index is 1.79. The summed E-state index contributed by atoms with van der Waals surface area (Å²) in [5.74, 6) is 0.405. The van der Waals surface area contributed by atoms with Gasteiger partial charge in [-0.2, -0.15) is 0 Å². The van der Waals surface area contributed by atoms with Gasteiger partial charge in [0.25, 0.3) is 5.91 Å². The summed E-state index contributed by atoms with van der Waals surface area (Å²) in [7, 11) is 0. The minimum Gasteiger partial charge on any atom is -0.483 e. The van der Waals surface area contributed by atoms with E-state index in [2.05, 4.69) is 11.4 Å². The lowest BCUT2D eigenvalue weighted by molar-refractivity contribution is -0.143. The van der Waals surface area contributed by atoms with Gasteiger partial charge in [0, 0.05) is 17.6 Å². The van der Waals surface area contributed by atoms with Crippen molar-refractivity contribution in [2.24, 2.45) is 0 Å². The number of carbonyl (C=O) groups excluding carboxylic acids is 2. The van der Waals surface area contributed by atoms with Crippen LogP contribution < -0.4 is 10.1 Å². The van der Waals surface area contributed by atoms with E-state index in [0.29, 0.717) is 23.7 Å². The van der Waals surface area contributed by atoms with Crippen molar-refractivity contribution < 1.29 is 14.3 Å². The molecule has 1 atom stereocenters. The van der Waals surface area contributed by atoms with E-state index in [1.54, 1.807) is 17.0 Å². The molecular weight excluding hydrogens is 436 g/mol. The summed E-state index contributed by atoms with van der Waals surface area (Å²) in [6.45, 7) is 8.17. The fourth-order valence-electron chi connectivity index (χ4n) is 4.45. The van der Waals surface area contributed by atoms with Gasteiger partial charge in [0.05, 0.1) is 0 Å². The number of nitrogens with one attached hydrogen (secondary N) is 1. The third-order valence-corrected chi connectivity index (χ3v) is 6.72. The van der Waals surface area contributed by atoms with Crippen LogP contribution in [0.5, 0.6) is 5.75 Å². The summed E-state index contributed by atoms with van der Waals surface area (Å²) in [6, 6.07) is 11.1. The van der Waals surface area contributed by atoms with Crippen molar-refractivity contribution in [1.82, 2.24) is 10.2 Å². The lowest BCUT2D eigenvalue weighted by Gasteiger charge is -2.31. The average Bonchev–Trinajstić information content (AvgIpc) is 3.29. The predicted molar refractivity (Wildman–Crippen MR) is 133 cm³/mol. The van der Waals surface area contributed by atoms with Gasteiger partial charge in [0.2, 0.25) is 5.91 Å². The van der Waals surface area contributed by atoms with Crippen molar-refractivity contribution in [1.29, 1.82) is 0 Å². The number of nitrogens with zero attached hydrogens (tertiary/aromatic N) is 1. The standard InChI is InChI=1S/C27H35ClN2O3/c1-5-24(27(32)29-23-8-6-7-9-23)30(16-21-10-12-22(28)13-11-21)26(31)17-33-25-15-18(2)14-19(3)20(25)4/h10-15,23-24H,5-9,16-17H2,1-4H3,(H,29,32)/t24-/m1/s1. The highest BCUT2D eigenvalue weighted by Gasteiger charge is 2.31. The molecule has 0 aliphatic heterocycles. The predicted octanol–water partition coefficient (Wildman–Crippen LogP) is 5.51. The molecule has 0 heterocycles. The van der Waals surface area contributed by atoms with Crippen LogP contribution in [-0.2, 0) is 16.1 Å². The van der Waals surface area contributed by atoms with Gasteiger partial charge in [0.1, 0.15) is 11.8 Å². The molecule has 0 saturated heterocycles. The molecule has 0 aromatic heterocycles. The molecule has 0 unspecified atom stereocenters. The highest BCUT2D eigenvalue weighted by Crippen LogP contribution is 2.24. The van der Waals surface area contributed by atoms with Crippen molar-refractivity contribution in [3.63, 3.8) is 0 Å². The molecule has 2 amide bonds. The molecule has 0 radical (unpaired) electrons. The second-order valence-corrected chi connectivity index (χ2v) is 9.49. The molecule has 33 heavy (non-hydrogen) atoms. The van der Waals surface area contributed by atoms with Gasteiger partial charge in [-0.3, -0.25) is 9.59 Å². The summed E-state index contributed by atoms with van der Waals surface area (Å²) in [5.41, 5.74) is 4.14. The minimum atomic E-state index is -0.558. The van der Waals surface area contributed by atoms with E-state index < -0.39 is 6.04 Å². The van der Waals surface area contributed by atoms with Crippen molar-refractivity contribution in [2.45, 2.75) is 78.4 Å². The maximum absolute atomic E-state index is 13.4. The number of hydrogen-bond acceptors (Lipinski definition) is 3. The fraction of sp³-hybridized carbons (Fsp3) is 0.481. The topological polar surface area (TPSA) is 58.6 Å². The summed E-state index contributed by atoms with van der Waals surface area (Å²) in [4.78, 5) is 28.2. The highest BCUT2D eigenvalue weighted by atomic mass is 35.5. The maximum Gasteiger partial charge on any atom is 0.261 e. The molecule has 6 heteroatoms. The second kappa shape index (κ2) is 11.6. The number of halogens is 1. The van der Waals surface area contributed by atoms with Gasteiger partial charge < -0.3 is 15.0 Å². The van der Waals surface area contributed by atoms with Crippen LogP contribution in [0.4, 0.5) is 0 Å². The van der Waals surface area contributed by atoms with Gasteiger partial charge in [-0.05, 0) is 80.5 Å². The van der Waals surface area contributed by atoms with Crippen LogP contribution >= 0.6 is 11.6 Å². The van der Waals surface area contributed by atoms with E-state index in [0.717, 1.165) is 47.9 Å². The van der Waals surface area contributed by atoms with Gasteiger partial charge in [-0.25, -0.2) is 0 Å². The third kappa shape index (κ3) is 6.73. The number of hydrogen-bond donors (Lipinski definition) is 1. The Morgan fingerprint density at radius 3 is 2.42 bits per heavy atom. The number of carbonyl (C=O) groups is 2. The Labute approximate surface area is 202 Å². The molecule has 1 fully saturated rings. The van der Waals surface area contributed by atoms with Crippen molar-refractivity contribution >= 4 is 23.4 Å². The van der Waals surface area contributed by atoms with E-state index in [1.165, 1.54) is 0 Å². The maximum atomic E-state index is 13.4. The van der Waals surface area contributed by atoms with Crippen LogP contribution in [0.2, 0.25) is 5.02 Å². The minimum absolute atomic E-state index is 0.0886. The van der Waals surface area contributed by atoms with Crippen LogP contribution in [0.3, 0.4) is 0 Å². The van der Waals surface area contributed by atoms with E-state index >= 15 is 0 Å². The first-order valence-electron chi connectivity index (χ1n) is 11.8.